The van der Waals surface area contributed by atoms with Gasteiger partial charge in [-0.15, -0.1) is 0 Å². The lowest BCUT2D eigenvalue weighted by Gasteiger charge is -2.15. The molecule has 0 aromatic heterocycles. The van der Waals surface area contributed by atoms with Gasteiger partial charge in [-0.2, -0.15) is 8.78 Å². The largest absolute Gasteiger partial charge is 0.374 e. The van der Waals surface area contributed by atoms with Crippen molar-refractivity contribution in [3.63, 3.8) is 0 Å². The minimum absolute atomic E-state index is 0.169. The van der Waals surface area contributed by atoms with Crippen molar-refractivity contribution < 1.29 is 13.6 Å². The Morgan fingerprint density at radius 3 is 2.23 bits per heavy atom. The fraction of sp³-hybridized carbons (Fsp3) is 0.188. The Hall–Kier alpha value is -2.08. The number of carbonyl (C=O) groups is 1. The first-order valence-electron chi connectivity index (χ1n) is 6.72. The van der Waals surface area contributed by atoms with E-state index in [1.807, 2.05) is 18.2 Å². The van der Waals surface area contributed by atoms with Crippen LogP contribution in [0.3, 0.4) is 0 Å². The first kappa shape index (κ1) is 16.3. The number of halogens is 2. The van der Waals surface area contributed by atoms with Crippen molar-refractivity contribution >= 4 is 29.0 Å². The van der Waals surface area contributed by atoms with Crippen LogP contribution in [0.15, 0.2) is 59.5 Å². The van der Waals surface area contributed by atoms with Crippen LogP contribution in [-0.2, 0) is 4.79 Å². The molecule has 0 aliphatic heterocycles. The van der Waals surface area contributed by atoms with E-state index in [0.29, 0.717) is 22.3 Å². The second-order valence-corrected chi connectivity index (χ2v) is 5.69. The molecule has 22 heavy (non-hydrogen) atoms. The Kier molecular flexibility index (Phi) is 5.77. The Balaban J connectivity index is 1.90. The van der Waals surface area contributed by atoms with Gasteiger partial charge in [-0.25, -0.2) is 0 Å². The second-order valence-electron chi connectivity index (χ2n) is 4.62. The summed E-state index contributed by atoms with van der Waals surface area (Å²) in [7, 11) is 0. The average molecular weight is 322 g/mol. The lowest BCUT2D eigenvalue weighted by atomic mass is 10.2. The highest BCUT2D eigenvalue weighted by Gasteiger charge is 2.13. The molecular weight excluding hydrogens is 306 g/mol. The number of para-hydroxylation sites is 1. The lowest BCUT2D eigenvalue weighted by Crippen LogP contribution is -2.31. The van der Waals surface area contributed by atoms with Crippen LogP contribution < -0.4 is 10.6 Å². The molecule has 0 radical (unpaired) electrons. The number of nitrogens with one attached hydrogen (secondary N) is 2. The fourth-order valence-electron chi connectivity index (χ4n) is 1.82. The summed E-state index contributed by atoms with van der Waals surface area (Å²) in [5.41, 5.74) is 1.43. The summed E-state index contributed by atoms with van der Waals surface area (Å²) in [6, 6.07) is 15.3. The van der Waals surface area contributed by atoms with E-state index in [-0.39, 0.29) is 5.91 Å². The van der Waals surface area contributed by atoms with E-state index in [2.05, 4.69) is 10.6 Å². The molecule has 0 bridgehead atoms. The van der Waals surface area contributed by atoms with Gasteiger partial charge in [0.05, 0.1) is 0 Å². The van der Waals surface area contributed by atoms with Crippen molar-refractivity contribution in [2.45, 2.75) is 23.6 Å². The third-order valence-electron chi connectivity index (χ3n) is 2.90. The first-order valence-corrected chi connectivity index (χ1v) is 7.60. The zero-order valence-electron chi connectivity index (χ0n) is 11.9. The Morgan fingerprint density at radius 2 is 1.64 bits per heavy atom. The highest BCUT2D eigenvalue weighted by Crippen LogP contribution is 2.26. The SMILES string of the molecule is C[C@@H](Nc1ccc(SC(F)F)cc1)C(=O)Nc1ccccc1. The summed E-state index contributed by atoms with van der Waals surface area (Å²) < 4.78 is 24.5. The molecular formula is C16H16F2N2OS. The van der Waals surface area contributed by atoms with E-state index in [1.165, 1.54) is 0 Å². The summed E-state index contributed by atoms with van der Waals surface area (Å²) in [5, 5.41) is 5.83. The number of amides is 1. The molecule has 0 aliphatic rings. The molecule has 0 fully saturated rings. The monoisotopic (exact) mass is 322 g/mol. The van der Waals surface area contributed by atoms with Gasteiger partial charge in [-0.05, 0) is 43.3 Å². The van der Waals surface area contributed by atoms with Crippen LogP contribution in [0.2, 0.25) is 0 Å². The molecule has 2 N–H and O–H groups in total. The average Bonchev–Trinajstić information content (AvgIpc) is 2.49. The van der Waals surface area contributed by atoms with E-state index >= 15 is 0 Å². The molecule has 1 atom stereocenters. The topological polar surface area (TPSA) is 41.1 Å². The standard InChI is InChI=1S/C16H16F2N2OS/c1-11(15(21)20-12-5-3-2-4-6-12)19-13-7-9-14(10-8-13)22-16(17)18/h2-11,16,19H,1H3,(H,20,21)/t11-/m1/s1. The van der Waals surface area contributed by atoms with Gasteiger partial charge >= 0.3 is 0 Å². The number of hydrogen-bond donors (Lipinski definition) is 2. The molecule has 2 aromatic rings. The maximum absolute atomic E-state index is 12.2. The van der Waals surface area contributed by atoms with Crippen molar-refractivity contribution in [3.05, 3.63) is 54.6 Å². The molecule has 116 valence electrons. The quantitative estimate of drug-likeness (QED) is 0.773. The van der Waals surface area contributed by atoms with Gasteiger partial charge in [-0.1, -0.05) is 30.0 Å². The number of benzene rings is 2. The molecule has 0 unspecified atom stereocenters. The normalized spacial score (nSPS) is 12.0. The van der Waals surface area contributed by atoms with E-state index in [9.17, 15) is 13.6 Å². The van der Waals surface area contributed by atoms with Gasteiger partial charge < -0.3 is 10.6 Å². The van der Waals surface area contributed by atoms with E-state index in [4.69, 9.17) is 0 Å². The van der Waals surface area contributed by atoms with Gasteiger partial charge in [0, 0.05) is 16.3 Å². The van der Waals surface area contributed by atoms with Gasteiger partial charge in [0.25, 0.3) is 5.76 Å². The number of rotatable bonds is 6. The predicted molar refractivity (Wildman–Crippen MR) is 86.5 cm³/mol. The van der Waals surface area contributed by atoms with Crippen LogP contribution in [0.25, 0.3) is 0 Å². The molecule has 3 nitrogen and oxygen atoms in total. The highest BCUT2D eigenvalue weighted by atomic mass is 32.2. The molecule has 0 heterocycles. The molecule has 0 spiro atoms. The van der Waals surface area contributed by atoms with Crippen molar-refractivity contribution in [2.24, 2.45) is 0 Å². The Bertz CT molecular complexity index is 605. The predicted octanol–water partition coefficient (Wildman–Crippen LogP) is 4.44. The third-order valence-corrected chi connectivity index (χ3v) is 3.62. The third kappa shape index (κ3) is 5.04. The molecule has 2 rings (SSSR count). The lowest BCUT2D eigenvalue weighted by molar-refractivity contribution is -0.116. The number of alkyl halides is 2. The summed E-state index contributed by atoms with van der Waals surface area (Å²) in [6.07, 6.45) is 0. The molecule has 2 aromatic carbocycles. The van der Waals surface area contributed by atoms with Crippen LogP contribution in [0.5, 0.6) is 0 Å². The number of hydrogen-bond acceptors (Lipinski definition) is 3. The van der Waals surface area contributed by atoms with Crippen molar-refractivity contribution in [3.8, 4) is 0 Å². The van der Waals surface area contributed by atoms with Gasteiger partial charge in [0.15, 0.2) is 0 Å². The summed E-state index contributed by atoms with van der Waals surface area (Å²) in [5.74, 6) is -2.60. The minimum atomic E-state index is -2.44. The van der Waals surface area contributed by atoms with Crippen LogP contribution in [0.1, 0.15) is 6.92 Å². The van der Waals surface area contributed by atoms with E-state index < -0.39 is 11.8 Å². The van der Waals surface area contributed by atoms with Crippen LogP contribution >= 0.6 is 11.8 Å². The van der Waals surface area contributed by atoms with Crippen LogP contribution in [0, 0.1) is 0 Å². The summed E-state index contributed by atoms with van der Waals surface area (Å²) in [6.45, 7) is 1.74. The van der Waals surface area contributed by atoms with Gasteiger partial charge in [-0.3, -0.25) is 4.79 Å². The maximum atomic E-state index is 12.2. The van der Waals surface area contributed by atoms with Gasteiger partial charge in [0.2, 0.25) is 5.91 Å². The van der Waals surface area contributed by atoms with Crippen LogP contribution in [0.4, 0.5) is 20.2 Å². The molecule has 0 aliphatic carbocycles. The molecule has 1 amide bonds. The van der Waals surface area contributed by atoms with Crippen molar-refractivity contribution in [2.75, 3.05) is 10.6 Å². The summed E-state index contributed by atoms with van der Waals surface area (Å²) >= 11 is 0.494. The van der Waals surface area contributed by atoms with Gasteiger partial charge in [0.1, 0.15) is 6.04 Å². The zero-order chi connectivity index (χ0) is 15.9. The van der Waals surface area contributed by atoms with E-state index in [1.54, 1.807) is 43.3 Å². The number of carbonyl (C=O) groups excluding carboxylic acids is 1. The minimum Gasteiger partial charge on any atom is -0.374 e. The highest BCUT2D eigenvalue weighted by molar-refractivity contribution is 7.99. The zero-order valence-corrected chi connectivity index (χ0v) is 12.7. The second kappa shape index (κ2) is 7.79. The molecule has 0 saturated heterocycles. The Labute approximate surface area is 132 Å². The fourth-order valence-corrected chi connectivity index (χ4v) is 2.32. The number of thioether (sulfide) groups is 1. The molecule has 6 heteroatoms. The van der Waals surface area contributed by atoms with Crippen molar-refractivity contribution in [1.29, 1.82) is 0 Å². The van der Waals surface area contributed by atoms with Crippen molar-refractivity contribution in [1.82, 2.24) is 0 Å². The Morgan fingerprint density at radius 1 is 1.00 bits per heavy atom. The smallest absolute Gasteiger partial charge is 0.288 e. The van der Waals surface area contributed by atoms with Crippen LogP contribution in [-0.4, -0.2) is 17.7 Å². The number of anilines is 2. The maximum Gasteiger partial charge on any atom is 0.288 e. The van der Waals surface area contributed by atoms with E-state index in [0.717, 1.165) is 5.69 Å². The molecule has 0 saturated carbocycles. The summed E-state index contributed by atoms with van der Waals surface area (Å²) in [4.78, 5) is 12.5. The first-order chi connectivity index (χ1) is 10.5.